The molecule has 0 spiro atoms. The molecular weight excluding hydrogens is 336 g/mol. The molecule has 0 saturated carbocycles. The molecule has 1 unspecified atom stereocenters. The fourth-order valence-electron chi connectivity index (χ4n) is 2.30. The molecule has 1 aromatic carbocycles. The van der Waals surface area contributed by atoms with E-state index in [-0.39, 0.29) is 18.7 Å². The van der Waals surface area contributed by atoms with Crippen LogP contribution >= 0.6 is 22.9 Å². The van der Waals surface area contributed by atoms with Crippen molar-refractivity contribution in [3.05, 3.63) is 63.9 Å². The number of benzene rings is 1. The third kappa shape index (κ3) is 3.78. The maximum Gasteiger partial charge on any atom is 0.254 e. The van der Waals surface area contributed by atoms with E-state index in [0.717, 1.165) is 5.56 Å². The standard InChI is InChI=1S/C16H15ClN2O3S/c17-14-7-11(15(18)23-14)16(20)19-12(13-8-21-9-22-13)6-10-4-2-1-3-5-10/h1-5,7-8,12H,6,9,18H2,(H,19,20). The molecule has 1 aliphatic rings. The van der Waals surface area contributed by atoms with E-state index in [2.05, 4.69) is 5.32 Å². The van der Waals surface area contributed by atoms with E-state index in [0.29, 0.717) is 27.1 Å². The molecule has 0 fully saturated rings. The Bertz CT molecular complexity index is 730. The molecule has 1 aliphatic heterocycles. The third-order valence-electron chi connectivity index (χ3n) is 3.40. The van der Waals surface area contributed by atoms with E-state index < -0.39 is 0 Å². The van der Waals surface area contributed by atoms with Crippen molar-refractivity contribution in [3.63, 3.8) is 0 Å². The minimum atomic E-state index is -0.342. The van der Waals surface area contributed by atoms with Crippen molar-refractivity contribution in [3.8, 4) is 0 Å². The number of hydrogen-bond donors (Lipinski definition) is 2. The lowest BCUT2D eigenvalue weighted by Gasteiger charge is -2.18. The van der Waals surface area contributed by atoms with Crippen LogP contribution in [0.1, 0.15) is 15.9 Å². The highest BCUT2D eigenvalue weighted by Gasteiger charge is 2.24. The lowest BCUT2D eigenvalue weighted by Crippen LogP contribution is -2.38. The van der Waals surface area contributed by atoms with Gasteiger partial charge in [0.1, 0.15) is 11.3 Å². The van der Waals surface area contributed by atoms with Gasteiger partial charge in [-0.05, 0) is 11.6 Å². The zero-order valence-corrected chi connectivity index (χ0v) is 13.7. The van der Waals surface area contributed by atoms with Gasteiger partial charge in [0, 0.05) is 6.42 Å². The molecule has 23 heavy (non-hydrogen) atoms. The number of carbonyl (C=O) groups excluding carboxylic acids is 1. The molecule has 2 heterocycles. The average molecular weight is 351 g/mol. The van der Waals surface area contributed by atoms with E-state index in [1.165, 1.54) is 17.6 Å². The topological polar surface area (TPSA) is 73.6 Å². The molecule has 0 bridgehead atoms. The summed E-state index contributed by atoms with van der Waals surface area (Å²) in [6, 6.07) is 11.1. The van der Waals surface area contributed by atoms with E-state index >= 15 is 0 Å². The molecule has 3 N–H and O–H groups in total. The minimum Gasteiger partial charge on any atom is -0.462 e. The van der Waals surface area contributed by atoms with Gasteiger partial charge in [-0.15, -0.1) is 11.3 Å². The van der Waals surface area contributed by atoms with Crippen molar-refractivity contribution in [1.82, 2.24) is 5.32 Å². The molecule has 1 amide bonds. The number of thiophene rings is 1. The van der Waals surface area contributed by atoms with Crippen LogP contribution in [0.25, 0.3) is 0 Å². The Balaban J connectivity index is 1.78. The third-order valence-corrected chi connectivity index (χ3v) is 4.49. The van der Waals surface area contributed by atoms with Gasteiger partial charge in [0.25, 0.3) is 5.91 Å². The first-order valence-electron chi connectivity index (χ1n) is 6.97. The van der Waals surface area contributed by atoms with Crippen LogP contribution in [-0.4, -0.2) is 18.7 Å². The van der Waals surface area contributed by atoms with E-state index in [9.17, 15) is 4.79 Å². The van der Waals surface area contributed by atoms with Gasteiger partial charge in [-0.25, -0.2) is 0 Å². The van der Waals surface area contributed by atoms with Crippen LogP contribution < -0.4 is 11.1 Å². The monoisotopic (exact) mass is 350 g/mol. The molecule has 0 saturated heterocycles. The van der Waals surface area contributed by atoms with Crippen molar-refractivity contribution in [2.24, 2.45) is 0 Å². The van der Waals surface area contributed by atoms with E-state index in [1.54, 1.807) is 6.07 Å². The molecule has 1 aromatic heterocycles. The predicted molar refractivity (Wildman–Crippen MR) is 90.3 cm³/mol. The van der Waals surface area contributed by atoms with Crippen molar-refractivity contribution < 1.29 is 14.3 Å². The first-order valence-corrected chi connectivity index (χ1v) is 8.17. The Morgan fingerprint density at radius 3 is 2.78 bits per heavy atom. The van der Waals surface area contributed by atoms with Gasteiger partial charge < -0.3 is 20.5 Å². The molecule has 2 aromatic rings. The molecular formula is C16H15ClN2O3S. The normalized spacial score (nSPS) is 14.6. The number of halogens is 1. The Morgan fingerprint density at radius 2 is 2.17 bits per heavy atom. The van der Waals surface area contributed by atoms with Crippen molar-refractivity contribution >= 4 is 33.8 Å². The van der Waals surface area contributed by atoms with Gasteiger partial charge in [-0.1, -0.05) is 41.9 Å². The first-order chi connectivity index (χ1) is 11.1. The van der Waals surface area contributed by atoms with Gasteiger partial charge in [-0.3, -0.25) is 4.79 Å². The second-order valence-electron chi connectivity index (χ2n) is 4.99. The van der Waals surface area contributed by atoms with Gasteiger partial charge >= 0.3 is 0 Å². The Hall–Kier alpha value is -2.18. The number of rotatable bonds is 5. The van der Waals surface area contributed by atoms with Crippen LogP contribution in [0.3, 0.4) is 0 Å². The summed E-state index contributed by atoms with van der Waals surface area (Å²) in [5.74, 6) is 0.296. The van der Waals surface area contributed by atoms with E-state index in [1.807, 2.05) is 30.3 Å². The van der Waals surface area contributed by atoms with Crippen molar-refractivity contribution in [2.75, 3.05) is 12.5 Å². The van der Waals surface area contributed by atoms with Crippen molar-refractivity contribution in [1.29, 1.82) is 0 Å². The van der Waals surface area contributed by atoms with Crippen LogP contribution in [0.4, 0.5) is 5.00 Å². The van der Waals surface area contributed by atoms with Gasteiger partial charge in [0.2, 0.25) is 6.79 Å². The second-order valence-corrected chi connectivity index (χ2v) is 6.71. The minimum absolute atomic E-state index is 0.156. The number of hydrogen-bond acceptors (Lipinski definition) is 5. The number of nitrogens with one attached hydrogen (secondary N) is 1. The molecule has 3 rings (SSSR count). The highest BCUT2D eigenvalue weighted by molar-refractivity contribution is 7.20. The maximum atomic E-state index is 12.5. The number of ether oxygens (including phenoxy) is 2. The Kier molecular flexibility index (Phi) is 4.73. The van der Waals surface area contributed by atoms with Gasteiger partial charge in [0.15, 0.2) is 5.76 Å². The van der Waals surface area contributed by atoms with E-state index in [4.69, 9.17) is 26.8 Å². The van der Waals surface area contributed by atoms with Crippen LogP contribution in [-0.2, 0) is 15.9 Å². The molecule has 7 heteroatoms. The Morgan fingerprint density at radius 1 is 1.39 bits per heavy atom. The largest absolute Gasteiger partial charge is 0.462 e. The summed E-state index contributed by atoms with van der Waals surface area (Å²) in [7, 11) is 0. The number of nitrogens with two attached hydrogens (primary N) is 1. The smallest absolute Gasteiger partial charge is 0.254 e. The molecule has 5 nitrogen and oxygen atoms in total. The molecule has 0 radical (unpaired) electrons. The highest BCUT2D eigenvalue weighted by Crippen LogP contribution is 2.29. The second kappa shape index (κ2) is 6.93. The lowest BCUT2D eigenvalue weighted by molar-refractivity contribution is 0.0706. The quantitative estimate of drug-likeness (QED) is 0.868. The molecule has 120 valence electrons. The summed E-state index contributed by atoms with van der Waals surface area (Å²) < 4.78 is 11.0. The zero-order valence-electron chi connectivity index (χ0n) is 12.1. The summed E-state index contributed by atoms with van der Waals surface area (Å²) in [4.78, 5) is 12.5. The number of carbonyl (C=O) groups is 1. The molecule has 1 atom stereocenters. The summed E-state index contributed by atoms with van der Waals surface area (Å²) in [5, 5.41) is 3.33. The fraction of sp³-hybridized carbons (Fsp3) is 0.188. The van der Waals surface area contributed by atoms with Gasteiger partial charge in [0.05, 0.1) is 15.9 Å². The summed E-state index contributed by atoms with van der Waals surface area (Å²) in [6.07, 6.45) is 2.11. The highest BCUT2D eigenvalue weighted by atomic mass is 35.5. The average Bonchev–Trinajstić information content (AvgIpc) is 3.17. The lowest BCUT2D eigenvalue weighted by atomic mass is 10.0. The number of nitrogen functional groups attached to an aromatic ring is 1. The summed E-state index contributed by atoms with van der Waals surface area (Å²) in [6.45, 7) is 0.156. The van der Waals surface area contributed by atoms with Crippen molar-refractivity contribution in [2.45, 2.75) is 12.5 Å². The predicted octanol–water partition coefficient (Wildman–Crippen LogP) is 3.17. The zero-order chi connectivity index (χ0) is 16.2. The summed E-state index contributed by atoms with van der Waals surface area (Å²) in [5.41, 5.74) is 7.27. The number of amides is 1. The fourth-order valence-corrected chi connectivity index (χ4v) is 3.30. The Labute approximate surface area is 142 Å². The number of anilines is 1. The van der Waals surface area contributed by atoms with Gasteiger partial charge in [-0.2, -0.15) is 0 Å². The SMILES string of the molecule is Nc1sc(Cl)cc1C(=O)NC(Cc1ccccc1)C1=COCO1. The molecule has 0 aliphatic carbocycles. The van der Waals surface area contributed by atoms with Crippen LogP contribution in [0, 0.1) is 0 Å². The maximum absolute atomic E-state index is 12.5. The first kappa shape index (κ1) is 15.7. The van der Waals surface area contributed by atoms with Crippen LogP contribution in [0.5, 0.6) is 0 Å². The summed E-state index contributed by atoms with van der Waals surface area (Å²) >= 11 is 7.08. The van der Waals surface area contributed by atoms with Crippen LogP contribution in [0.2, 0.25) is 4.34 Å². The van der Waals surface area contributed by atoms with Crippen LogP contribution in [0.15, 0.2) is 48.4 Å².